The first-order valence-electron chi connectivity index (χ1n) is 11.5. The summed E-state index contributed by atoms with van der Waals surface area (Å²) in [6.45, 7) is -0.743. The highest BCUT2D eigenvalue weighted by Gasteiger charge is 2.35. The van der Waals surface area contributed by atoms with Crippen LogP contribution in [0.15, 0.2) is 90.5 Å². The van der Waals surface area contributed by atoms with Gasteiger partial charge in [0.05, 0.1) is 18.8 Å². The van der Waals surface area contributed by atoms with Gasteiger partial charge in [-0.3, -0.25) is 4.79 Å². The summed E-state index contributed by atoms with van der Waals surface area (Å²) in [5.41, 5.74) is -1.52. The Morgan fingerprint density at radius 3 is 2.38 bits per heavy atom. The molecule has 1 atom stereocenters. The topological polar surface area (TPSA) is 120 Å². The molecule has 1 amide bonds. The molecule has 39 heavy (non-hydrogen) atoms. The van der Waals surface area contributed by atoms with Crippen molar-refractivity contribution in [2.24, 2.45) is 0 Å². The molecule has 2 aromatic heterocycles. The van der Waals surface area contributed by atoms with Gasteiger partial charge in [-0.2, -0.15) is 10.2 Å². The zero-order valence-electron chi connectivity index (χ0n) is 20.1. The minimum atomic E-state index is -2.02. The molecule has 5 rings (SSSR count). The first-order chi connectivity index (χ1) is 18.7. The lowest BCUT2D eigenvalue weighted by atomic mass is 9.93. The van der Waals surface area contributed by atoms with Crippen molar-refractivity contribution < 1.29 is 18.7 Å². The summed E-state index contributed by atoms with van der Waals surface area (Å²) in [5, 5.41) is 22.8. The molecular formula is C26H20ClF2N7O3. The van der Waals surface area contributed by atoms with Crippen LogP contribution in [0.3, 0.4) is 0 Å². The lowest BCUT2D eigenvalue weighted by molar-refractivity contribution is -0.00948. The maximum atomic E-state index is 14.7. The van der Waals surface area contributed by atoms with Crippen LogP contribution < -0.4 is 11.0 Å². The number of amides is 1. The Labute approximate surface area is 224 Å². The van der Waals surface area contributed by atoms with Crippen molar-refractivity contribution in [2.75, 3.05) is 5.32 Å². The number of aliphatic hydroxyl groups is 1. The number of hydrogen-bond acceptors (Lipinski definition) is 6. The van der Waals surface area contributed by atoms with Crippen molar-refractivity contribution in [1.82, 2.24) is 29.1 Å². The predicted octanol–water partition coefficient (Wildman–Crippen LogP) is 3.40. The fourth-order valence-corrected chi connectivity index (χ4v) is 4.18. The lowest BCUT2D eigenvalue weighted by Crippen LogP contribution is -2.41. The molecule has 0 saturated heterocycles. The van der Waals surface area contributed by atoms with Crippen LogP contribution in [0.5, 0.6) is 0 Å². The zero-order valence-corrected chi connectivity index (χ0v) is 20.8. The monoisotopic (exact) mass is 551 g/mol. The minimum absolute atomic E-state index is 0.235. The Kier molecular flexibility index (Phi) is 7.05. The van der Waals surface area contributed by atoms with Gasteiger partial charge in [0.1, 0.15) is 36.2 Å². The number of rotatable bonds is 8. The van der Waals surface area contributed by atoms with Gasteiger partial charge in [0.15, 0.2) is 0 Å². The highest BCUT2D eigenvalue weighted by Crippen LogP contribution is 2.28. The van der Waals surface area contributed by atoms with Gasteiger partial charge in [0, 0.05) is 27.9 Å². The number of benzene rings is 3. The van der Waals surface area contributed by atoms with Crippen LogP contribution >= 0.6 is 11.6 Å². The maximum Gasteiger partial charge on any atom is 0.350 e. The summed E-state index contributed by atoms with van der Waals surface area (Å²) in [7, 11) is 0. The molecule has 2 heterocycles. The highest BCUT2D eigenvalue weighted by atomic mass is 35.5. The summed E-state index contributed by atoms with van der Waals surface area (Å²) in [6, 6.07) is 15.6. The van der Waals surface area contributed by atoms with Gasteiger partial charge in [0.25, 0.3) is 5.91 Å². The van der Waals surface area contributed by atoms with Gasteiger partial charge in [-0.25, -0.2) is 32.5 Å². The number of nitrogens with zero attached hydrogens (tertiary/aromatic N) is 6. The van der Waals surface area contributed by atoms with Gasteiger partial charge in [-0.1, -0.05) is 17.7 Å². The molecule has 0 radical (unpaired) electrons. The number of hydrogen-bond donors (Lipinski definition) is 2. The lowest BCUT2D eigenvalue weighted by Gasteiger charge is -2.28. The smallest absolute Gasteiger partial charge is 0.350 e. The van der Waals surface area contributed by atoms with Crippen LogP contribution in [0.25, 0.3) is 5.69 Å². The Hall–Kier alpha value is -4.68. The maximum absolute atomic E-state index is 14.7. The second-order valence-electron chi connectivity index (χ2n) is 8.70. The van der Waals surface area contributed by atoms with E-state index in [4.69, 9.17) is 11.6 Å². The SMILES string of the molecule is O=C(Nc1ccc(-n2cnn(C[C@@](O)(Cn3cncn3)c3ccc(F)cc3F)c2=O)cc1)c1ccc(Cl)cc1. The van der Waals surface area contributed by atoms with Crippen molar-refractivity contribution in [1.29, 1.82) is 0 Å². The molecule has 0 spiro atoms. The van der Waals surface area contributed by atoms with Crippen LogP contribution in [0.4, 0.5) is 14.5 Å². The van der Waals surface area contributed by atoms with E-state index in [1.54, 1.807) is 48.5 Å². The first kappa shape index (κ1) is 25.9. The predicted molar refractivity (Wildman–Crippen MR) is 138 cm³/mol. The average Bonchev–Trinajstić information content (AvgIpc) is 3.54. The summed E-state index contributed by atoms with van der Waals surface area (Å²) in [4.78, 5) is 29.4. The van der Waals surface area contributed by atoms with Gasteiger partial charge in [-0.05, 0) is 54.6 Å². The van der Waals surface area contributed by atoms with Crippen LogP contribution in [-0.2, 0) is 18.7 Å². The Bertz CT molecular complexity index is 1670. The van der Waals surface area contributed by atoms with E-state index in [9.17, 15) is 23.5 Å². The van der Waals surface area contributed by atoms with E-state index in [1.807, 2.05) is 0 Å². The third kappa shape index (κ3) is 5.61. The summed E-state index contributed by atoms with van der Waals surface area (Å²) >= 11 is 5.86. The second kappa shape index (κ2) is 10.6. The fraction of sp³-hybridized carbons (Fsp3) is 0.115. The van der Waals surface area contributed by atoms with Crippen LogP contribution in [0, 0.1) is 11.6 Å². The van der Waals surface area contributed by atoms with Crippen molar-refractivity contribution >= 4 is 23.2 Å². The van der Waals surface area contributed by atoms with E-state index in [1.165, 1.54) is 28.2 Å². The normalized spacial score (nSPS) is 12.7. The van der Waals surface area contributed by atoms with Gasteiger partial charge < -0.3 is 10.4 Å². The minimum Gasteiger partial charge on any atom is -0.381 e. The second-order valence-corrected chi connectivity index (χ2v) is 9.13. The number of aromatic nitrogens is 6. The van der Waals surface area contributed by atoms with E-state index in [0.29, 0.717) is 28.0 Å². The van der Waals surface area contributed by atoms with E-state index < -0.39 is 29.5 Å². The first-order valence-corrected chi connectivity index (χ1v) is 11.9. The Morgan fingerprint density at radius 1 is 0.974 bits per heavy atom. The third-order valence-electron chi connectivity index (χ3n) is 5.98. The summed E-state index contributed by atoms with van der Waals surface area (Å²) < 4.78 is 31.7. The fourth-order valence-electron chi connectivity index (χ4n) is 4.05. The van der Waals surface area contributed by atoms with E-state index in [-0.39, 0.29) is 18.0 Å². The van der Waals surface area contributed by atoms with E-state index in [0.717, 1.165) is 16.8 Å². The molecule has 10 nitrogen and oxygen atoms in total. The van der Waals surface area contributed by atoms with Crippen molar-refractivity contribution in [2.45, 2.75) is 18.7 Å². The molecule has 13 heteroatoms. The van der Waals surface area contributed by atoms with Gasteiger partial charge in [0.2, 0.25) is 0 Å². The number of nitrogens with one attached hydrogen (secondary N) is 1. The zero-order chi connectivity index (χ0) is 27.6. The molecule has 0 saturated carbocycles. The molecule has 0 aliphatic rings. The van der Waals surface area contributed by atoms with Crippen molar-refractivity contribution in [3.05, 3.63) is 124 Å². The molecule has 0 bridgehead atoms. The molecule has 3 aromatic carbocycles. The van der Waals surface area contributed by atoms with Gasteiger partial charge >= 0.3 is 5.69 Å². The number of halogens is 3. The average molecular weight is 552 g/mol. The van der Waals surface area contributed by atoms with Crippen LogP contribution in [0.1, 0.15) is 15.9 Å². The Morgan fingerprint density at radius 2 is 1.72 bits per heavy atom. The number of anilines is 1. The van der Waals surface area contributed by atoms with Crippen LogP contribution in [-0.4, -0.2) is 40.1 Å². The number of carbonyl (C=O) groups excluding carboxylic acids is 1. The molecule has 5 aromatic rings. The van der Waals surface area contributed by atoms with Crippen molar-refractivity contribution in [3.63, 3.8) is 0 Å². The summed E-state index contributed by atoms with van der Waals surface area (Å²) in [5.74, 6) is -2.13. The molecule has 0 fully saturated rings. The third-order valence-corrected chi connectivity index (χ3v) is 6.23. The highest BCUT2D eigenvalue weighted by molar-refractivity contribution is 6.30. The molecule has 0 aliphatic heterocycles. The van der Waals surface area contributed by atoms with E-state index in [2.05, 4.69) is 20.5 Å². The largest absolute Gasteiger partial charge is 0.381 e. The Balaban J connectivity index is 1.38. The summed E-state index contributed by atoms with van der Waals surface area (Å²) in [6.07, 6.45) is 3.81. The molecule has 198 valence electrons. The molecule has 2 N–H and O–H groups in total. The standard InChI is InChI=1S/C26H20ClF2N7O3/c27-18-3-1-17(2-4-18)24(37)33-20-6-8-21(9-7-20)35-16-32-36(25(35)38)13-26(39,12-34-15-30-14-31-34)22-10-5-19(28)11-23(22)29/h1-11,14-16,39H,12-13H2,(H,33,37)/t26-/m0/s1. The van der Waals surface area contributed by atoms with Crippen LogP contribution in [0.2, 0.25) is 5.02 Å². The molecular weight excluding hydrogens is 532 g/mol. The van der Waals surface area contributed by atoms with Crippen molar-refractivity contribution in [3.8, 4) is 5.69 Å². The quantitative estimate of drug-likeness (QED) is 0.305. The molecule has 0 unspecified atom stereocenters. The van der Waals surface area contributed by atoms with Gasteiger partial charge in [-0.15, -0.1) is 0 Å². The molecule has 0 aliphatic carbocycles. The number of carbonyl (C=O) groups is 1. The van der Waals surface area contributed by atoms with E-state index >= 15 is 0 Å².